The molecule has 0 fully saturated rings. The lowest BCUT2D eigenvalue weighted by Crippen LogP contribution is -2.20. The summed E-state index contributed by atoms with van der Waals surface area (Å²) >= 11 is 6.06. The summed E-state index contributed by atoms with van der Waals surface area (Å²) in [5.74, 6) is -1.53. The molecule has 2 heterocycles. The van der Waals surface area contributed by atoms with Gasteiger partial charge >= 0.3 is 12.1 Å². The van der Waals surface area contributed by atoms with Crippen molar-refractivity contribution >= 4 is 34.3 Å². The van der Waals surface area contributed by atoms with E-state index in [1.165, 1.54) is 31.6 Å². The van der Waals surface area contributed by atoms with E-state index in [0.29, 0.717) is 35.6 Å². The summed E-state index contributed by atoms with van der Waals surface area (Å²) in [7, 11) is 1.52. The number of hydrogen-bond acceptors (Lipinski definition) is 6. The number of carbonyl (C=O) groups is 1. The van der Waals surface area contributed by atoms with Crippen LogP contribution in [0.3, 0.4) is 0 Å². The van der Waals surface area contributed by atoms with E-state index in [1.54, 1.807) is 10.6 Å². The van der Waals surface area contributed by atoms with Crippen LogP contribution in [0, 0.1) is 12.7 Å². The molecule has 0 bridgehead atoms. The van der Waals surface area contributed by atoms with Crippen molar-refractivity contribution < 1.29 is 36.9 Å². The highest BCUT2D eigenvalue weighted by atomic mass is 35.5. The minimum absolute atomic E-state index is 0.226. The van der Waals surface area contributed by atoms with Crippen LogP contribution in [0.1, 0.15) is 16.1 Å². The molecule has 8 nitrogen and oxygen atoms in total. The van der Waals surface area contributed by atoms with Gasteiger partial charge in [0.15, 0.2) is 6.61 Å². The summed E-state index contributed by atoms with van der Waals surface area (Å²) in [6.07, 6.45) is -3.45. The molecule has 0 saturated carbocycles. The number of aromatic carboxylic acids is 1. The minimum atomic E-state index is -4.68. The Balaban J connectivity index is 1.56. The van der Waals surface area contributed by atoms with Gasteiger partial charge in [0.25, 0.3) is 0 Å². The van der Waals surface area contributed by atoms with Crippen LogP contribution in [0.25, 0.3) is 22.2 Å². The number of aryl methyl sites for hydroxylation is 1. The van der Waals surface area contributed by atoms with Gasteiger partial charge in [-0.15, -0.1) is 0 Å². The topological polar surface area (TPSA) is 98.5 Å². The summed E-state index contributed by atoms with van der Waals surface area (Å²) in [5.41, 5.74) is 1.13. The number of alkyl halides is 3. The Bertz CT molecular complexity index is 1510. The number of carboxylic acids is 1. The smallest absolute Gasteiger partial charge is 0.422 e. The number of halogens is 5. The van der Waals surface area contributed by atoms with Gasteiger partial charge in [-0.05, 0) is 37.3 Å². The fraction of sp³-hybridized carbons (Fsp3) is 0.240. The second kappa shape index (κ2) is 10.7. The molecule has 0 saturated heterocycles. The summed E-state index contributed by atoms with van der Waals surface area (Å²) in [5, 5.41) is 12.8. The Morgan fingerprint density at radius 1 is 1.16 bits per heavy atom. The largest absolute Gasteiger partial charge is 0.496 e. The molecule has 2 aromatic carbocycles. The van der Waals surface area contributed by atoms with Gasteiger partial charge in [-0.3, -0.25) is 0 Å². The van der Waals surface area contributed by atoms with Crippen LogP contribution >= 0.6 is 11.6 Å². The van der Waals surface area contributed by atoms with Gasteiger partial charge in [-0.2, -0.15) is 13.2 Å². The number of aromatic nitrogens is 3. The highest BCUT2D eigenvalue weighted by molar-refractivity contribution is 6.34. The van der Waals surface area contributed by atoms with Crippen LogP contribution in [-0.2, 0) is 6.54 Å². The number of anilines is 1. The van der Waals surface area contributed by atoms with E-state index < -0.39 is 30.1 Å². The van der Waals surface area contributed by atoms with E-state index in [9.17, 15) is 27.5 Å². The molecule has 2 aromatic heterocycles. The minimum Gasteiger partial charge on any atom is -0.496 e. The van der Waals surface area contributed by atoms with Crippen LogP contribution in [0.4, 0.5) is 23.4 Å². The van der Waals surface area contributed by atoms with Crippen LogP contribution in [0.15, 0.2) is 42.7 Å². The molecule has 0 radical (unpaired) electrons. The third kappa shape index (κ3) is 5.75. The SMILES string of the molecule is COc1ccc(F)c2c1cc(C)n2CCNc1cc(-c2cc(Cl)c(C(=O)O)c(OCC(F)(F)F)c2)ncn1. The normalized spacial score (nSPS) is 11.6. The van der Waals surface area contributed by atoms with Crippen molar-refractivity contribution in [3.8, 4) is 22.8 Å². The number of benzene rings is 2. The molecule has 0 unspecified atom stereocenters. The van der Waals surface area contributed by atoms with E-state index in [4.69, 9.17) is 21.1 Å². The number of nitrogens with one attached hydrogen (secondary N) is 1. The van der Waals surface area contributed by atoms with Crippen LogP contribution < -0.4 is 14.8 Å². The molecule has 4 aromatic rings. The number of carboxylic acid groups (broad SMARTS) is 1. The molecule has 200 valence electrons. The average Bonchev–Trinajstić information content (AvgIpc) is 3.19. The lowest BCUT2D eigenvalue weighted by Gasteiger charge is -2.14. The van der Waals surface area contributed by atoms with E-state index in [-0.39, 0.29) is 22.1 Å². The Hall–Kier alpha value is -4.06. The van der Waals surface area contributed by atoms with E-state index in [1.807, 2.05) is 13.0 Å². The van der Waals surface area contributed by atoms with Crippen molar-refractivity contribution in [2.24, 2.45) is 0 Å². The Morgan fingerprint density at radius 3 is 2.61 bits per heavy atom. The first-order chi connectivity index (χ1) is 18.0. The van der Waals surface area contributed by atoms with Gasteiger partial charge in [0.2, 0.25) is 0 Å². The molecular weight excluding hydrogens is 532 g/mol. The van der Waals surface area contributed by atoms with Gasteiger partial charge in [-0.25, -0.2) is 19.2 Å². The third-order valence-electron chi connectivity index (χ3n) is 5.66. The molecule has 13 heteroatoms. The Morgan fingerprint density at radius 2 is 1.92 bits per heavy atom. The van der Waals surface area contributed by atoms with Gasteiger partial charge in [0.1, 0.15) is 35.0 Å². The summed E-state index contributed by atoms with van der Waals surface area (Å²) in [4.78, 5) is 19.8. The molecule has 38 heavy (non-hydrogen) atoms. The fourth-order valence-electron chi connectivity index (χ4n) is 4.02. The first-order valence-electron chi connectivity index (χ1n) is 11.1. The van der Waals surface area contributed by atoms with E-state index in [0.717, 1.165) is 11.8 Å². The quantitative estimate of drug-likeness (QED) is 0.247. The van der Waals surface area contributed by atoms with Gasteiger partial charge in [-0.1, -0.05) is 11.6 Å². The molecule has 0 aliphatic heterocycles. The van der Waals surface area contributed by atoms with Crippen molar-refractivity contribution in [1.29, 1.82) is 0 Å². The molecular formula is C25H21ClF4N4O4. The zero-order valence-electron chi connectivity index (χ0n) is 20.1. The second-order valence-corrected chi connectivity index (χ2v) is 8.61. The van der Waals surface area contributed by atoms with Crippen LogP contribution in [0.2, 0.25) is 5.02 Å². The zero-order chi connectivity index (χ0) is 27.6. The summed E-state index contributed by atoms with van der Waals surface area (Å²) < 4.78 is 64.5. The van der Waals surface area contributed by atoms with Crippen molar-refractivity contribution in [3.05, 3.63) is 64.8 Å². The second-order valence-electron chi connectivity index (χ2n) is 8.20. The Labute approximate surface area is 218 Å². The van der Waals surface area contributed by atoms with Gasteiger partial charge in [0.05, 0.1) is 23.3 Å². The number of fused-ring (bicyclic) bond motifs is 1. The molecule has 0 spiro atoms. The standard InChI is InChI=1S/C25H21ClF4N4O4/c1-13-7-15-19(37-2)4-3-17(27)23(15)34(13)6-5-31-21-10-18(32-12-33-21)14-8-16(26)22(24(35)36)20(9-14)38-11-25(28,29)30/h3-4,7-10,12H,5-6,11H2,1-2H3,(H,35,36)(H,31,32,33). The monoisotopic (exact) mass is 552 g/mol. The van der Waals surface area contributed by atoms with Crippen molar-refractivity contribution in [1.82, 2.24) is 14.5 Å². The van der Waals surface area contributed by atoms with Gasteiger partial charge in [0, 0.05) is 35.8 Å². The van der Waals surface area contributed by atoms with Crippen molar-refractivity contribution in [3.63, 3.8) is 0 Å². The lowest BCUT2D eigenvalue weighted by molar-refractivity contribution is -0.153. The predicted molar refractivity (Wildman–Crippen MR) is 133 cm³/mol. The maximum Gasteiger partial charge on any atom is 0.422 e. The summed E-state index contributed by atoms with van der Waals surface area (Å²) in [6, 6.07) is 8.65. The van der Waals surface area contributed by atoms with Gasteiger partial charge < -0.3 is 24.5 Å². The molecule has 0 amide bonds. The maximum atomic E-state index is 14.6. The fourth-order valence-corrected chi connectivity index (χ4v) is 4.32. The number of ether oxygens (including phenoxy) is 2. The number of nitrogens with zero attached hydrogens (tertiary/aromatic N) is 3. The molecule has 0 aliphatic rings. The van der Waals surface area contributed by atoms with Crippen LogP contribution in [0.5, 0.6) is 11.5 Å². The highest BCUT2D eigenvalue weighted by Crippen LogP contribution is 2.34. The molecule has 4 rings (SSSR count). The highest BCUT2D eigenvalue weighted by Gasteiger charge is 2.30. The summed E-state index contributed by atoms with van der Waals surface area (Å²) in [6.45, 7) is 0.887. The maximum absolute atomic E-state index is 14.6. The molecule has 2 N–H and O–H groups in total. The van der Waals surface area contributed by atoms with Crippen LogP contribution in [-0.4, -0.2) is 52.0 Å². The van der Waals surface area contributed by atoms with Crippen molar-refractivity contribution in [2.45, 2.75) is 19.6 Å². The predicted octanol–water partition coefficient (Wildman–Crippen LogP) is 5.96. The zero-order valence-corrected chi connectivity index (χ0v) is 20.8. The first-order valence-corrected chi connectivity index (χ1v) is 11.5. The number of rotatable bonds is 9. The lowest BCUT2D eigenvalue weighted by atomic mass is 10.1. The van der Waals surface area contributed by atoms with Crippen molar-refractivity contribution in [2.75, 3.05) is 25.6 Å². The first kappa shape index (κ1) is 27.0. The Kier molecular flexibility index (Phi) is 7.63. The molecule has 0 atom stereocenters. The number of hydrogen-bond donors (Lipinski definition) is 2. The van der Waals surface area contributed by atoms with E-state index >= 15 is 0 Å². The third-order valence-corrected chi connectivity index (χ3v) is 5.96. The van der Waals surface area contributed by atoms with E-state index in [2.05, 4.69) is 15.3 Å². The number of methoxy groups -OCH3 is 1. The molecule has 0 aliphatic carbocycles. The average molecular weight is 553 g/mol.